The van der Waals surface area contributed by atoms with Gasteiger partial charge in [0, 0.05) is 11.9 Å². The summed E-state index contributed by atoms with van der Waals surface area (Å²) < 4.78 is 5.49. The fraction of sp³-hybridized carbons (Fsp3) is 0.167. The van der Waals surface area contributed by atoms with Crippen LogP contribution in [-0.4, -0.2) is 22.1 Å². The fourth-order valence-electron chi connectivity index (χ4n) is 2.80. The van der Waals surface area contributed by atoms with Gasteiger partial charge in [0.2, 0.25) is 5.95 Å². The molecule has 2 aromatic heterocycles. The fourth-order valence-corrected chi connectivity index (χ4v) is 2.94. The number of fused-ring (bicyclic) bond motifs is 6. The minimum atomic E-state index is 0.449. The maximum absolute atomic E-state index is 6.24. The lowest BCUT2D eigenvalue weighted by Gasteiger charge is -2.12. The van der Waals surface area contributed by atoms with Gasteiger partial charge in [-0.1, -0.05) is 11.6 Å². The largest absolute Gasteiger partial charge is 0.496 e. The van der Waals surface area contributed by atoms with Gasteiger partial charge >= 0.3 is 0 Å². The van der Waals surface area contributed by atoms with Crippen molar-refractivity contribution in [1.29, 1.82) is 0 Å². The molecule has 0 amide bonds. The Kier molecular flexibility index (Phi) is 4.11. The highest BCUT2D eigenvalue weighted by Crippen LogP contribution is 2.29. The molecular formula is C18H16ClN5O. The highest BCUT2D eigenvalue weighted by molar-refractivity contribution is 6.32. The number of anilines is 4. The predicted molar refractivity (Wildman–Crippen MR) is 98.2 cm³/mol. The summed E-state index contributed by atoms with van der Waals surface area (Å²) in [6, 6.07) is 7.99. The summed E-state index contributed by atoms with van der Waals surface area (Å²) in [5.41, 5.74) is 3.96. The Labute approximate surface area is 150 Å². The zero-order valence-electron chi connectivity index (χ0n) is 13.6. The average Bonchev–Trinajstić information content (AvgIpc) is 2.63. The first-order valence-corrected chi connectivity index (χ1v) is 8.26. The number of halogens is 1. The molecule has 0 radical (unpaired) electrons. The second-order valence-corrected chi connectivity index (χ2v) is 6.16. The van der Waals surface area contributed by atoms with Crippen molar-refractivity contribution in [3.8, 4) is 5.75 Å². The number of pyridine rings is 1. The first-order valence-electron chi connectivity index (χ1n) is 7.89. The van der Waals surface area contributed by atoms with Crippen LogP contribution < -0.4 is 15.4 Å². The Morgan fingerprint density at radius 3 is 2.84 bits per heavy atom. The number of methoxy groups -OCH3 is 1. The lowest BCUT2D eigenvalue weighted by atomic mass is 10.0. The highest BCUT2D eigenvalue weighted by Gasteiger charge is 2.11. The molecule has 1 aliphatic heterocycles. The second-order valence-electron chi connectivity index (χ2n) is 5.75. The average molecular weight is 354 g/mol. The standard InChI is InChI=1S/C18H16ClN5O/c1-25-16-5-4-13-7-12(16)3-2-11-6-14(9-20-8-11)23-18-21-10-15(19)17(22-13)24-18/h4-10H,2-3H2,1H3,(H2,21,22,23,24). The number of benzene rings is 1. The van der Waals surface area contributed by atoms with Gasteiger partial charge in [-0.3, -0.25) is 4.98 Å². The molecule has 4 rings (SSSR count). The van der Waals surface area contributed by atoms with Crippen LogP contribution in [0.25, 0.3) is 0 Å². The van der Waals surface area contributed by atoms with Crippen LogP contribution in [0.2, 0.25) is 5.02 Å². The topological polar surface area (TPSA) is 72.0 Å². The van der Waals surface area contributed by atoms with Crippen molar-refractivity contribution < 1.29 is 4.74 Å². The quantitative estimate of drug-likeness (QED) is 0.685. The molecule has 6 bridgehead atoms. The highest BCUT2D eigenvalue weighted by atomic mass is 35.5. The lowest BCUT2D eigenvalue weighted by Crippen LogP contribution is -2.02. The molecule has 0 spiro atoms. The SMILES string of the molecule is COc1ccc2cc1CCc1cncc(c1)Nc1ncc(Cl)c(n1)N2. The summed E-state index contributed by atoms with van der Waals surface area (Å²) in [7, 11) is 1.68. The summed E-state index contributed by atoms with van der Waals surface area (Å²) in [6.45, 7) is 0. The van der Waals surface area contributed by atoms with Gasteiger partial charge in [-0.2, -0.15) is 4.98 Å². The van der Waals surface area contributed by atoms with Gasteiger partial charge in [-0.15, -0.1) is 0 Å². The summed E-state index contributed by atoms with van der Waals surface area (Å²) in [6.07, 6.45) is 6.87. The maximum Gasteiger partial charge on any atom is 0.229 e. The summed E-state index contributed by atoms with van der Waals surface area (Å²) >= 11 is 6.24. The number of aromatic nitrogens is 3. The minimum absolute atomic E-state index is 0.449. The predicted octanol–water partition coefficient (Wildman–Crippen LogP) is 4.12. The zero-order valence-corrected chi connectivity index (χ0v) is 14.3. The third kappa shape index (κ3) is 3.34. The number of aryl methyl sites for hydroxylation is 2. The van der Waals surface area contributed by atoms with E-state index in [0.29, 0.717) is 16.8 Å². The smallest absolute Gasteiger partial charge is 0.229 e. The van der Waals surface area contributed by atoms with E-state index in [9.17, 15) is 0 Å². The van der Waals surface area contributed by atoms with Gasteiger partial charge in [-0.05, 0) is 48.2 Å². The van der Waals surface area contributed by atoms with E-state index in [2.05, 4.69) is 31.7 Å². The molecule has 0 saturated carbocycles. The van der Waals surface area contributed by atoms with Gasteiger partial charge < -0.3 is 15.4 Å². The first kappa shape index (κ1) is 15.7. The first-order chi connectivity index (χ1) is 12.2. The van der Waals surface area contributed by atoms with Crippen molar-refractivity contribution in [2.75, 3.05) is 17.7 Å². The molecule has 0 fully saturated rings. The van der Waals surface area contributed by atoms with Crippen LogP contribution in [0.3, 0.4) is 0 Å². The molecule has 3 aromatic rings. The van der Waals surface area contributed by atoms with Crippen LogP contribution in [-0.2, 0) is 12.8 Å². The number of ether oxygens (including phenoxy) is 1. The number of hydrogen-bond acceptors (Lipinski definition) is 6. The van der Waals surface area contributed by atoms with E-state index in [4.69, 9.17) is 16.3 Å². The molecule has 0 saturated heterocycles. The number of nitrogens with one attached hydrogen (secondary N) is 2. The van der Waals surface area contributed by atoms with Crippen molar-refractivity contribution >= 4 is 34.7 Å². The molecule has 0 unspecified atom stereocenters. The van der Waals surface area contributed by atoms with Crippen molar-refractivity contribution in [3.63, 3.8) is 0 Å². The molecule has 1 aromatic carbocycles. The van der Waals surface area contributed by atoms with Crippen LogP contribution in [0.5, 0.6) is 5.75 Å². The molecule has 0 aliphatic carbocycles. The van der Waals surface area contributed by atoms with Crippen molar-refractivity contribution in [1.82, 2.24) is 15.0 Å². The normalized spacial score (nSPS) is 12.7. The number of nitrogens with zero attached hydrogens (tertiary/aromatic N) is 3. The summed E-state index contributed by atoms with van der Waals surface area (Å²) in [5, 5.41) is 6.87. The second kappa shape index (κ2) is 6.57. The van der Waals surface area contributed by atoms with E-state index in [-0.39, 0.29) is 0 Å². The Hall–Kier alpha value is -2.86. The molecule has 7 heteroatoms. The monoisotopic (exact) mass is 353 g/mol. The molecule has 126 valence electrons. The van der Waals surface area contributed by atoms with Crippen LogP contribution in [0.4, 0.5) is 23.1 Å². The van der Waals surface area contributed by atoms with E-state index < -0.39 is 0 Å². The molecule has 0 atom stereocenters. The van der Waals surface area contributed by atoms with Crippen molar-refractivity contribution in [2.24, 2.45) is 0 Å². The molecule has 25 heavy (non-hydrogen) atoms. The van der Waals surface area contributed by atoms with E-state index in [1.54, 1.807) is 19.5 Å². The van der Waals surface area contributed by atoms with Gasteiger partial charge in [0.1, 0.15) is 10.8 Å². The Morgan fingerprint density at radius 2 is 1.96 bits per heavy atom. The van der Waals surface area contributed by atoms with Crippen LogP contribution in [0.1, 0.15) is 11.1 Å². The lowest BCUT2D eigenvalue weighted by molar-refractivity contribution is 0.409. The van der Waals surface area contributed by atoms with Gasteiger partial charge in [-0.25, -0.2) is 4.98 Å². The van der Waals surface area contributed by atoms with E-state index in [0.717, 1.165) is 41.1 Å². The molecule has 2 N–H and O–H groups in total. The van der Waals surface area contributed by atoms with Gasteiger partial charge in [0.05, 0.1) is 25.2 Å². The zero-order chi connectivity index (χ0) is 17.2. The van der Waals surface area contributed by atoms with Crippen molar-refractivity contribution in [3.05, 3.63) is 59.0 Å². The Morgan fingerprint density at radius 1 is 1.04 bits per heavy atom. The van der Waals surface area contributed by atoms with Crippen LogP contribution in [0, 0.1) is 0 Å². The van der Waals surface area contributed by atoms with E-state index in [1.165, 1.54) is 0 Å². The number of rotatable bonds is 1. The van der Waals surface area contributed by atoms with Crippen molar-refractivity contribution in [2.45, 2.75) is 12.8 Å². The summed E-state index contributed by atoms with van der Waals surface area (Å²) in [5.74, 6) is 1.86. The molecule has 6 nitrogen and oxygen atoms in total. The van der Waals surface area contributed by atoms with Crippen LogP contribution >= 0.6 is 11.6 Å². The summed E-state index contributed by atoms with van der Waals surface area (Å²) in [4.78, 5) is 13.0. The van der Waals surface area contributed by atoms with E-state index in [1.807, 2.05) is 24.4 Å². The molecule has 3 heterocycles. The third-order valence-corrected chi connectivity index (χ3v) is 4.30. The molecular weight excluding hydrogens is 338 g/mol. The maximum atomic E-state index is 6.24. The Bertz CT molecular complexity index is 931. The van der Waals surface area contributed by atoms with E-state index >= 15 is 0 Å². The van der Waals surface area contributed by atoms with Gasteiger partial charge in [0.15, 0.2) is 5.82 Å². The molecule has 1 aliphatic rings. The number of hydrogen-bond donors (Lipinski definition) is 2. The third-order valence-electron chi connectivity index (χ3n) is 4.02. The minimum Gasteiger partial charge on any atom is -0.496 e. The van der Waals surface area contributed by atoms with Gasteiger partial charge in [0.25, 0.3) is 0 Å². The Balaban J connectivity index is 1.84. The van der Waals surface area contributed by atoms with Crippen LogP contribution in [0.15, 0.2) is 42.9 Å².